The summed E-state index contributed by atoms with van der Waals surface area (Å²) in [4.78, 5) is 4.37. The minimum absolute atomic E-state index is 0.554. The number of para-hydroxylation sites is 2. The van der Waals surface area contributed by atoms with Crippen molar-refractivity contribution in [1.29, 1.82) is 0 Å². The Kier molecular flexibility index (Phi) is 3.20. The molecule has 0 bridgehead atoms. The molecule has 1 aliphatic rings. The van der Waals surface area contributed by atoms with Gasteiger partial charge in [0.25, 0.3) is 5.82 Å². The molecular weight excluding hydrogens is 310 g/mol. The summed E-state index contributed by atoms with van der Waals surface area (Å²) in [6.45, 7) is 2.16. The topological polar surface area (TPSA) is 34.8 Å². The molecule has 0 atom stereocenters. The van der Waals surface area contributed by atoms with Gasteiger partial charge in [-0.25, -0.2) is 14.1 Å². The Morgan fingerprint density at radius 2 is 1.92 bits per heavy atom. The molecule has 1 fully saturated rings. The Morgan fingerprint density at radius 3 is 2.76 bits per heavy atom. The zero-order valence-electron chi connectivity index (χ0n) is 14.7. The number of imidazole rings is 1. The summed E-state index contributed by atoms with van der Waals surface area (Å²) >= 11 is 0. The average Bonchev–Trinajstić information content (AvgIpc) is 3.35. The van der Waals surface area contributed by atoms with Gasteiger partial charge in [-0.05, 0) is 56.4 Å². The van der Waals surface area contributed by atoms with Crippen molar-refractivity contribution in [3.05, 3.63) is 48.4 Å². The van der Waals surface area contributed by atoms with Gasteiger partial charge in [0.1, 0.15) is 17.1 Å². The van der Waals surface area contributed by atoms with Crippen LogP contribution in [0.15, 0.2) is 47.2 Å². The third-order valence-corrected chi connectivity index (χ3v) is 5.67. The molecule has 25 heavy (non-hydrogen) atoms. The number of hydrogen-bond donors (Lipinski definition) is 0. The number of nitrogens with zero attached hydrogens (tertiary/aromatic N) is 3. The van der Waals surface area contributed by atoms with Crippen LogP contribution in [0.4, 0.5) is 0 Å². The van der Waals surface area contributed by atoms with Crippen molar-refractivity contribution in [2.75, 3.05) is 0 Å². The van der Waals surface area contributed by atoms with Crippen LogP contribution in [0.25, 0.3) is 33.5 Å². The molecule has 4 aromatic rings. The summed E-state index contributed by atoms with van der Waals surface area (Å²) in [6.07, 6.45) is 6.67. The molecule has 1 saturated carbocycles. The number of fused-ring (bicyclic) bond motifs is 2. The van der Waals surface area contributed by atoms with Gasteiger partial charge >= 0.3 is 0 Å². The second kappa shape index (κ2) is 5.45. The molecule has 0 radical (unpaired) electrons. The SMILES string of the molecule is Cc1ccc2ncoc2c1-c1n(C2CCCC2)c2ccccc2[n+]1C. The van der Waals surface area contributed by atoms with Gasteiger partial charge in [-0.1, -0.05) is 18.2 Å². The first kappa shape index (κ1) is 14.7. The van der Waals surface area contributed by atoms with Crippen LogP contribution in [0, 0.1) is 6.92 Å². The molecule has 0 unspecified atom stereocenters. The van der Waals surface area contributed by atoms with E-state index in [2.05, 4.69) is 58.4 Å². The van der Waals surface area contributed by atoms with Crippen molar-refractivity contribution in [2.45, 2.75) is 38.6 Å². The predicted octanol–water partition coefficient (Wildman–Crippen LogP) is 4.70. The van der Waals surface area contributed by atoms with Gasteiger partial charge in [0.2, 0.25) is 0 Å². The molecule has 0 spiro atoms. The summed E-state index contributed by atoms with van der Waals surface area (Å²) in [5.41, 5.74) is 6.77. The molecule has 2 heterocycles. The van der Waals surface area contributed by atoms with E-state index in [4.69, 9.17) is 4.42 Å². The first-order chi connectivity index (χ1) is 12.3. The van der Waals surface area contributed by atoms with Gasteiger partial charge in [-0.15, -0.1) is 0 Å². The van der Waals surface area contributed by atoms with Crippen LogP contribution in [-0.2, 0) is 7.05 Å². The standard InChI is InChI=1S/C21H22N3O/c1-14-11-12-16-20(25-13-22-16)19(14)21-23(2)17-9-5-6-10-18(17)24(21)15-7-3-4-8-15/h5-6,9-13,15H,3-4,7-8H2,1-2H3/q+1. The second-order valence-corrected chi connectivity index (χ2v) is 7.14. The van der Waals surface area contributed by atoms with Gasteiger partial charge in [0.15, 0.2) is 23.0 Å². The van der Waals surface area contributed by atoms with E-state index in [0.29, 0.717) is 6.04 Å². The van der Waals surface area contributed by atoms with Crippen molar-refractivity contribution in [3.8, 4) is 11.4 Å². The van der Waals surface area contributed by atoms with Crippen molar-refractivity contribution in [2.24, 2.45) is 7.05 Å². The highest BCUT2D eigenvalue weighted by Crippen LogP contribution is 2.38. The van der Waals surface area contributed by atoms with Crippen LogP contribution >= 0.6 is 0 Å². The highest BCUT2D eigenvalue weighted by atomic mass is 16.3. The number of aryl methyl sites for hydroxylation is 2. The summed E-state index contributed by atoms with van der Waals surface area (Å²) < 4.78 is 10.7. The van der Waals surface area contributed by atoms with Gasteiger partial charge in [0, 0.05) is 0 Å². The third-order valence-electron chi connectivity index (χ3n) is 5.67. The summed E-state index contributed by atoms with van der Waals surface area (Å²) in [5, 5.41) is 0. The highest BCUT2D eigenvalue weighted by molar-refractivity contribution is 5.91. The van der Waals surface area contributed by atoms with Crippen LogP contribution < -0.4 is 4.57 Å². The van der Waals surface area contributed by atoms with E-state index in [1.165, 1.54) is 53.7 Å². The molecule has 4 heteroatoms. The predicted molar refractivity (Wildman–Crippen MR) is 98.4 cm³/mol. The number of aromatic nitrogens is 3. The Bertz CT molecular complexity index is 1080. The van der Waals surface area contributed by atoms with E-state index < -0.39 is 0 Å². The highest BCUT2D eigenvalue weighted by Gasteiger charge is 2.34. The normalized spacial score (nSPS) is 15.6. The minimum Gasteiger partial charge on any atom is -0.443 e. The lowest BCUT2D eigenvalue weighted by Crippen LogP contribution is -2.31. The number of benzene rings is 2. The fraction of sp³-hybridized carbons (Fsp3) is 0.333. The van der Waals surface area contributed by atoms with E-state index >= 15 is 0 Å². The maximum Gasteiger partial charge on any atom is 0.294 e. The van der Waals surface area contributed by atoms with Crippen molar-refractivity contribution in [3.63, 3.8) is 0 Å². The van der Waals surface area contributed by atoms with Gasteiger partial charge < -0.3 is 4.42 Å². The fourth-order valence-electron chi connectivity index (χ4n) is 4.47. The quantitative estimate of drug-likeness (QED) is 0.499. The molecule has 1 aliphatic carbocycles. The monoisotopic (exact) mass is 332 g/mol. The van der Waals surface area contributed by atoms with Crippen LogP contribution in [0.2, 0.25) is 0 Å². The first-order valence-corrected chi connectivity index (χ1v) is 9.08. The van der Waals surface area contributed by atoms with Crippen molar-refractivity contribution < 1.29 is 8.98 Å². The molecule has 2 aromatic carbocycles. The summed E-state index contributed by atoms with van der Waals surface area (Å²) in [5.74, 6) is 1.23. The fourth-order valence-corrected chi connectivity index (χ4v) is 4.47. The van der Waals surface area contributed by atoms with Crippen LogP contribution in [-0.4, -0.2) is 9.55 Å². The summed E-state index contributed by atoms with van der Waals surface area (Å²) in [6, 6.07) is 13.5. The Morgan fingerprint density at radius 1 is 1.12 bits per heavy atom. The smallest absolute Gasteiger partial charge is 0.294 e. The molecule has 126 valence electrons. The Hall–Kier alpha value is -2.62. The molecule has 5 rings (SSSR count). The second-order valence-electron chi connectivity index (χ2n) is 7.14. The largest absolute Gasteiger partial charge is 0.443 e. The number of oxazole rings is 1. The molecule has 0 N–H and O–H groups in total. The molecular formula is C21H22N3O+. The van der Waals surface area contributed by atoms with E-state index in [-0.39, 0.29) is 0 Å². The average molecular weight is 332 g/mol. The van der Waals surface area contributed by atoms with E-state index in [0.717, 1.165) is 11.1 Å². The van der Waals surface area contributed by atoms with Gasteiger partial charge in [0.05, 0.1) is 7.05 Å². The number of rotatable bonds is 2. The zero-order valence-corrected chi connectivity index (χ0v) is 14.7. The molecule has 0 amide bonds. The van der Waals surface area contributed by atoms with Gasteiger partial charge in [-0.3, -0.25) is 0 Å². The Balaban J connectivity index is 1.92. The summed E-state index contributed by atoms with van der Waals surface area (Å²) in [7, 11) is 2.16. The van der Waals surface area contributed by atoms with E-state index in [9.17, 15) is 0 Å². The Labute approximate surface area is 146 Å². The lowest BCUT2D eigenvalue weighted by atomic mass is 10.1. The van der Waals surface area contributed by atoms with E-state index in [1.54, 1.807) is 6.39 Å². The molecule has 0 aliphatic heterocycles. The van der Waals surface area contributed by atoms with E-state index in [1.807, 2.05) is 6.07 Å². The zero-order chi connectivity index (χ0) is 17.0. The maximum absolute atomic E-state index is 5.82. The lowest BCUT2D eigenvalue weighted by molar-refractivity contribution is -0.634. The first-order valence-electron chi connectivity index (χ1n) is 9.08. The van der Waals surface area contributed by atoms with Crippen LogP contribution in [0.1, 0.15) is 37.3 Å². The van der Waals surface area contributed by atoms with Gasteiger partial charge in [-0.2, -0.15) is 0 Å². The van der Waals surface area contributed by atoms with Crippen molar-refractivity contribution in [1.82, 2.24) is 9.55 Å². The van der Waals surface area contributed by atoms with Crippen LogP contribution in [0.5, 0.6) is 0 Å². The molecule has 2 aromatic heterocycles. The lowest BCUT2D eigenvalue weighted by Gasteiger charge is -2.11. The number of hydrogen-bond acceptors (Lipinski definition) is 2. The minimum atomic E-state index is 0.554. The third kappa shape index (κ3) is 2.06. The van der Waals surface area contributed by atoms with Crippen molar-refractivity contribution >= 4 is 22.1 Å². The molecule has 0 saturated heterocycles. The maximum atomic E-state index is 5.82. The molecule has 4 nitrogen and oxygen atoms in total. The van der Waals surface area contributed by atoms with Crippen LogP contribution in [0.3, 0.4) is 0 Å².